The highest BCUT2D eigenvalue weighted by molar-refractivity contribution is 7.91. The fraction of sp³-hybridized carbons (Fsp3) is 0.600. The van der Waals surface area contributed by atoms with E-state index in [1.54, 1.807) is 31.2 Å². The average molecular weight is 312 g/mol. The summed E-state index contributed by atoms with van der Waals surface area (Å²) in [5.74, 6) is 0.129. The molecule has 0 radical (unpaired) electrons. The minimum Gasteiger partial charge on any atom is -0.383 e. The van der Waals surface area contributed by atoms with Gasteiger partial charge in [-0.1, -0.05) is 6.92 Å². The lowest BCUT2D eigenvalue weighted by Gasteiger charge is -2.23. The molecule has 118 valence electrons. The topological polar surface area (TPSA) is 67.4 Å². The molecule has 0 aliphatic carbocycles. The fourth-order valence-corrected chi connectivity index (χ4v) is 3.21. The molecule has 1 aromatic rings. The van der Waals surface area contributed by atoms with Crippen molar-refractivity contribution in [1.29, 1.82) is 0 Å². The zero-order chi connectivity index (χ0) is 15.1. The number of nitrogens with one attached hydrogen (secondary N) is 2. The number of hydrogen-bond donors (Lipinski definition) is 2. The standard InChI is InChI=1S/C15H24N2O3S/c1-2-21(18,19)15-5-3-13(4-6-15)17-11-12-20-14-7-9-16-10-8-14/h3-6,14,16-17H,2,7-12H2,1H3. The Morgan fingerprint density at radius 3 is 2.52 bits per heavy atom. The molecule has 1 aromatic carbocycles. The summed E-state index contributed by atoms with van der Waals surface area (Å²) in [6.45, 7) is 5.11. The maximum absolute atomic E-state index is 11.7. The molecule has 0 spiro atoms. The summed E-state index contributed by atoms with van der Waals surface area (Å²) in [6.07, 6.45) is 2.51. The monoisotopic (exact) mass is 312 g/mol. The number of anilines is 1. The summed E-state index contributed by atoms with van der Waals surface area (Å²) in [7, 11) is -3.11. The Bertz CT molecular complexity index is 522. The zero-order valence-electron chi connectivity index (χ0n) is 12.5. The van der Waals surface area contributed by atoms with Crippen LogP contribution in [0.3, 0.4) is 0 Å². The molecule has 21 heavy (non-hydrogen) atoms. The van der Waals surface area contributed by atoms with Gasteiger partial charge in [-0.05, 0) is 50.2 Å². The van der Waals surface area contributed by atoms with Crippen LogP contribution >= 0.6 is 0 Å². The molecular formula is C15H24N2O3S. The molecule has 0 unspecified atom stereocenters. The Morgan fingerprint density at radius 1 is 1.24 bits per heavy atom. The Kier molecular flexibility index (Phi) is 6.02. The third-order valence-corrected chi connectivity index (χ3v) is 5.41. The summed E-state index contributed by atoms with van der Waals surface area (Å²) in [4.78, 5) is 0.376. The first-order valence-electron chi connectivity index (χ1n) is 7.51. The first-order chi connectivity index (χ1) is 10.1. The van der Waals surface area contributed by atoms with Crippen LogP contribution in [0.2, 0.25) is 0 Å². The Labute approximate surface area is 127 Å². The molecule has 1 saturated heterocycles. The SMILES string of the molecule is CCS(=O)(=O)c1ccc(NCCOC2CCNCC2)cc1. The number of benzene rings is 1. The summed E-state index contributed by atoms with van der Waals surface area (Å²) in [5, 5.41) is 6.55. The van der Waals surface area contributed by atoms with Gasteiger partial charge in [0.2, 0.25) is 0 Å². The van der Waals surface area contributed by atoms with E-state index in [-0.39, 0.29) is 5.75 Å². The second kappa shape index (κ2) is 7.77. The number of ether oxygens (including phenoxy) is 1. The van der Waals surface area contributed by atoms with Crippen molar-refractivity contribution in [2.24, 2.45) is 0 Å². The highest BCUT2D eigenvalue weighted by Gasteiger charge is 2.13. The molecule has 1 fully saturated rings. The lowest BCUT2D eigenvalue weighted by atomic mass is 10.1. The lowest BCUT2D eigenvalue weighted by Crippen LogP contribution is -2.33. The second-order valence-corrected chi connectivity index (χ2v) is 7.45. The largest absolute Gasteiger partial charge is 0.383 e. The van der Waals surface area contributed by atoms with Gasteiger partial charge >= 0.3 is 0 Å². The lowest BCUT2D eigenvalue weighted by molar-refractivity contribution is 0.0394. The quantitative estimate of drug-likeness (QED) is 0.750. The van der Waals surface area contributed by atoms with Crippen LogP contribution in [0.4, 0.5) is 5.69 Å². The van der Waals surface area contributed by atoms with Crippen LogP contribution in [0.5, 0.6) is 0 Å². The van der Waals surface area contributed by atoms with Gasteiger partial charge in [-0.3, -0.25) is 0 Å². The first-order valence-corrected chi connectivity index (χ1v) is 9.16. The van der Waals surface area contributed by atoms with Crippen LogP contribution in [0.25, 0.3) is 0 Å². The summed E-state index contributed by atoms with van der Waals surface area (Å²) < 4.78 is 29.2. The minimum absolute atomic E-state index is 0.129. The van der Waals surface area contributed by atoms with Crippen molar-refractivity contribution in [2.45, 2.75) is 30.8 Å². The van der Waals surface area contributed by atoms with Crippen molar-refractivity contribution >= 4 is 15.5 Å². The third-order valence-electron chi connectivity index (χ3n) is 3.66. The zero-order valence-corrected chi connectivity index (χ0v) is 13.3. The van der Waals surface area contributed by atoms with Crippen LogP contribution in [0.15, 0.2) is 29.2 Å². The van der Waals surface area contributed by atoms with Gasteiger partial charge in [0.25, 0.3) is 0 Å². The van der Waals surface area contributed by atoms with Crippen molar-refractivity contribution < 1.29 is 13.2 Å². The molecule has 0 bridgehead atoms. The second-order valence-electron chi connectivity index (χ2n) is 5.17. The molecule has 0 aromatic heterocycles. The van der Waals surface area contributed by atoms with E-state index in [4.69, 9.17) is 4.74 Å². The van der Waals surface area contributed by atoms with E-state index in [9.17, 15) is 8.42 Å². The van der Waals surface area contributed by atoms with Gasteiger partial charge in [0.15, 0.2) is 9.84 Å². The minimum atomic E-state index is -3.11. The van der Waals surface area contributed by atoms with Gasteiger partial charge in [-0.15, -0.1) is 0 Å². The van der Waals surface area contributed by atoms with Crippen molar-refractivity contribution in [3.8, 4) is 0 Å². The highest BCUT2D eigenvalue weighted by atomic mass is 32.2. The van der Waals surface area contributed by atoms with Crippen LogP contribution < -0.4 is 10.6 Å². The van der Waals surface area contributed by atoms with Crippen LogP contribution in [-0.2, 0) is 14.6 Å². The number of sulfone groups is 1. The number of rotatable bonds is 7. The van der Waals surface area contributed by atoms with E-state index in [0.717, 1.165) is 38.2 Å². The normalized spacial score (nSPS) is 16.8. The van der Waals surface area contributed by atoms with Gasteiger partial charge in [-0.25, -0.2) is 8.42 Å². The molecule has 1 heterocycles. The van der Waals surface area contributed by atoms with Crippen LogP contribution in [-0.4, -0.2) is 46.5 Å². The molecule has 1 aliphatic heterocycles. The summed E-state index contributed by atoms with van der Waals surface area (Å²) in [5.41, 5.74) is 0.916. The van der Waals surface area contributed by atoms with Crippen LogP contribution in [0, 0.1) is 0 Å². The number of hydrogen-bond acceptors (Lipinski definition) is 5. The van der Waals surface area contributed by atoms with Gasteiger partial charge < -0.3 is 15.4 Å². The predicted octanol–water partition coefficient (Wildman–Crippen LogP) is 1.66. The van der Waals surface area contributed by atoms with Gasteiger partial charge in [-0.2, -0.15) is 0 Å². The van der Waals surface area contributed by atoms with Crippen molar-refractivity contribution in [3.05, 3.63) is 24.3 Å². The van der Waals surface area contributed by atoms with E-state index in [2.05, 4.69) is 10.6 Å². The third kappa shape index (κ3) is 4.98. The van der Waals surface area contributed by atoms with E-state index in [0.29, 0.717) is 17.6 Å². The smallest absolute Gasteiger partial charge is 0.178 e. The van der Waals surface area contributed by atoms with Crippen LogP contribution in [0.1, 0.15) is 19.8 Å². The molecule has 2 N–H and O–H groups in total. The first kappa shape index (κ1) is 16.3. The molecule has 0 saturated carbocycles. The Morgan fingerprint density at radius 2 is 1.90 bits per heavy atom. The highest BCUT2D eigenvalue weighted by Crippen LogP contribution is 2.15. The molecule has 6 heteroatoms. The predicted molar refractivity (Wildman–Crippen MR) is 84.5 cm³/mol. The Hall–Kier alpha value is -1.11. The maximum atomic E-state index is 11.7. The molecule has 0 atom stereocenters. The van der Waals surface area contributed by atoms with Crippen molar-refractivity contribution in [1.82, 2.24) is 5.32 Å². The summed E-state index contributed by atoms with van der Waals surface area (Å²) >= 11 is 0. The van der Waals surface area contributed by atoms with Crippen molar-refractivity contribution in [2.75, 3.05) is 37.3 Å². The maximum Gasteiger partial charge on any atom is 0.178 e. The van der Waals surface area contributed by atoms with Gasteiger partial charge in [0.05, 0.1) is 23.4 Å². The van der Waals surface area contributed by atoms with E-state index < -0.39 is 9.84 Å². The summed E-state index contributed by atoms with van der Waals surface area (Å²) in [6, 6.07) is 6.89. The van der Waals surface area contributed by atoms with Gasteiger partial charge in [0, 0.05) is 12.2 Å². The molecule has 0 amide bonds. The number of piperidine rings is 1. The van der Waals surface area contributed by atoms with E-state index in [1.165, 1.54) is 0 Å². The molecule has 5 nitrogen and oxygen atoms in total. The average Bonchev–Trinajstić information content (AvgIpc) is 2.53. The molecule has 1 aliphatic rings. The van der Waals surface area contributed by atoms with E-state index >= 15 is 0 Å². The van der Waals surface area contributed by atoms with Gasteiger partial charge in [0.1, 0.15) is 0 Å². The molecular weight excluding hydrogens is 288 g/mol. The fourth-order valence-electron chi connectivity index (χ4n) is 2.33. The van der Waals surface area contributed by atoms with E-state index in [1.807, 2.05) is 0 Å². The molecule has 2 rings (SSSR count). The van der Waals surface area contributed by atoms with Crippen molar-refractivity contribution in [3.63, 3.8) is 0 Å². The Balaban J connectivity index is 1.73.